The third-order valence-electron chi connectivity index (χ3n) is 2.25. The van der Waals surface area contributed by atoms with Crippen LogP contribution in [0.2, 0.25) is 5.02 Å². The molecule has 1 heterocycles. The molecule has 0 spiro atoms. The van der Waals surface area contributed by atoms with Gasteiger partial charge in [-0.25, -0.2) is 4.79 Å². The van der Waals surface area contributed by atoms with Crippen LogP contribution in [0.3, 0.4) is 0 Å². The number of hydroxylamine groups is 2. The van der Waals surface area contributed by atoms with Crippen molar-refractivity contribution >= 4 is 35.2 Å². The van der Waals surface area contributed by atoms with Gasteiger partial charge < -0.3 is 4.84 Å². The highest BCUT2D eigenvalue weighted by molar-refractivity contribution is 6.30. The van der Waals surface area contributed by atoms with E-state index in [1.165, 1.54) is 6.07 Å². The zero-order chi connectivity index (χ0) is 13.1. The minimum Gasteiger partial charge on any atom is -0.311 e. The van der Waals surface area contributed by atoms with Crippen molar-refractivity contribution in [2.24, 2.45) is 0 Å². The van der Waals surface area contributed by atoms with Crippen molar-refractivity contribution in [3.63, 3.8) is 0 Å². The molecule has 2 rings (SSSR count). The summed E-state index contributed by atoms with van der Waals surface area (Å²) in [7, 11) is 0. The van der Waals surface area contributed by atoms with Gasteiger partial charge in [-0.2, -0.15) is 0 Å². The SMILES string of the molecule is O=C(Nc1cccc(Cl)c1)ON1C(=O)CCC1=O. The van der Waals surface area contributed by atoms with E-state index >= 15 is 0 Å². The topological polar surface area (TPSA) is 75.7 Å². The first kappa shape index (κ1) is 12.4. The first-order chi connectivity index (χ1) is 8.56. The number of carbonyl (C=O) groups is 3. The Morgan fingerprint density at radius 1 is 1.28 bits per heavy atom. The lowest BCUT2D eigenvalue weighted by molar-refractivity contribution is -0.170. The molecule has 1 aliphatic heterocycles. The first-order valence-corrected chi connectivity index (χ1v) is 5.54. The summed E-state index contributed by atoms with van der Waals surface area (Å²) in [6, 6.07) is 6.40. The highest BCUT2D eigenvalue weighted by Crippen LogP contribution is 2.16. The van der Waals surface area contributed by atoms with Gasteiger partial charge in [-0.3, -0.25) is 14.9 Å². The molecule has 1 N–H and O–H groups in total. The molecule has 18 heavy (non-hydrogen) atoms. The molecule has 1 aliphatic rings. The Kier molecular flexibility index (Phi) is 3.47. The van der Waals surface area contributed by atoms with Crippen LogP contribution in [0.1, 0.15) is 12.8 Å². The highest BCUT2D eigenvalue weighted by Gasteiger charge is 2.32. The van der Waals surface area contributed by atoms with E-state index in [1.807, 2.05) is 0 Å². The van der Waals surface area contributed by atoms with Crippen LogP contribution in [0.4, 0.5) is 10.5 Å². The summed E-state index contributed by atoms with van der Waals surface area (Å²) in [6.07, 6.45) is -0.798. The summed E-state index contributed by atoms with van der Waals surface area (Å²) in [5.41, 5.74) is 0.409. The molecular formula is C11H9ClN2O4. The molecule has 0 atom stereocenters. The van der Waals surface area contributed by atoms with Gasteiger partial charge in [0.2, 0.25) is 0 Å². The van der Waals surface area contributed by atoms with E-state index in [-0.39, 0.29) is 12.8 Å². The maximum atomic E-state index is 11.4. The summed E-state index contributed by atoms with van der Waals surface area (Å²) >= 11 is 5.73. The second-order valence-electron chi connectivity index (χ2n) is 3.60. The Balaban J connectivity index is 1.97. The van der Waals surface area contributed by atoms with E-state index in [0.717, 1.165) is 0 Å². The minimum absolute atomic E-state index is 0.0588. The van der Waals surface area contributed by atoms with Gasteiger partial charge in [-0.1, -0.05) is 17.7 Å². The number of anilines is 1. The Hall–Kier alpha value is -2.08. The molecule has 6 nitrogen and oxygen atoms in total. The van der Waals surface area contributed by atoms with Crippen molar-refractivity contribution in [1.82, 2.24) is 5.06 Å². The van der Waals surface area contributed by atoms with E-state index in [0.29, 0.717) is 15.8 Å². The lowest BCUT2D eigenvalue weighted by Gasteiger charge is -2.13. The van der Waals surface area contributed by atoms with E-state index in [9.17, 15) is 14.4 Å². The number of hydrogen-bond donors (Lipinski definition) is 1. The molecule has 1 aromatic rings. The fourth-order valence-electron chi connectivity index (χ4n) is 1.45. The van der Waals surface area contributed by atoms with Crippen molar-refractivity contribution < 1.29 is 19.2 Å². The predicted molar refractivity (Wildman–Crippen MR) is 62.6 cm³/mol. The van der Waals surface area contributed by atoms with Gasteiger partial charge >= 0.3 is 6.09 Å². The average molecular weight is 269 g/mol. The number of carbonyl (C=O) groups excluding carboxylic acids is 3. The Morgan fingerprint density at radius 2 is 1.94 bits per heavy atom. The Labute approximate surface area is 107 Å². The van der Waals surface area contributed by atoms with Gasteiger partial charge in [-0.15, -0.1) is 5.06 Å². The molecule has 1 fully saturated rings. The standard InChI is InChI=1S/C11H9ClN2O4/c12-7-2-1-3-8(6-7)13-11(17)18-14-9(15)4-5-10(14)16/h1-3,6H,4-5H2,(H,13,17). The maximum Gasteiger partial charge on any atom is 0.436 e. The van der Waals surface area contributed by atoms with E-state index in [2.05, 4.69) is 10.2 Å². The molecule has 0 unspecified atom stereocenters. The van der Waals surface area contributed by atoms with Crippen molar-refractivity contribution in [2.75, 3.05) is 5.32 Å². The minimum atomic E-state index is -0.916. The summed E-state index contributed by atoms with van der Waals surface area (Å²) in [5.74, 6) is -1.05. The quantitative estimate of drug-likeness (QED) is 0.832. The third kappa shape index (κ3) is 2.78. The Bertz CT molecular complexity index is 502. The van der Waals surface area contributed by atoms with Gasteiger partial charge in [0.1, 0.15) is 0 Å². The zero-order valence-corrected chi connectivity index (χ0v) is 9.94. The van der Waals surface area contributed by atoms with Crippen molar-refractivity contribution in [3.8, 4) is 0 Å². The number of nitrogens with one attached hydrogen (secondary N) is 1. The maximum absolute atomic E-state index is 11.4. The van der Waals surface area contributed by atoms with Crippen LogP contribution in [0, 0.1) is 0 Å². The second kappa shape index (κ2) is 5.05. The van der Waals surface area contributed by atoms with Gasteiger partial charge in [0.15, 0.2) is 0 Å². The molecule has 94 valence electrons. The fourth-order valence-corrected chi connectivity index (χ4v) is 1.64. The molecule has 3 amide bonds. The van der Waals surface area contributed by atoms with Crippen molar-refractivity contribution in [3.05, 3.63) is 29.3 Å². The predicted octanol–water partition coefficient (Wildman–Crippen LogP) is 1.95. The van der Waals surface area contributed by atoms with Gasteiger partial charge in [0, 0.05) is 23.6 Å². The second-order valence-corrected chi connectivity index (χ2v) is 4.03. The number of rotatable bonds is 2. The summed E-state index contributed by atoms with van der Waals surface area (Å²) in [4.78, 5) is 38.5. The number of nitrogens with zero attached hydrogens (tertiary/aromatic N) is 1. The van der Waals surface area contributed by atoms with E-state index < -0.39 is 17.9 Å². The van der Waals surface area contributed by atoms with Crippen LogP contribution in [-0.2, 0) is 14.4 Å². The lowest BCUT2D eigenvalue weighted by atomic mass is 10.3. The number of amides is 3. The fraction of sp³-hybridized carbons (Fsp3) is 0.182. The van der Waals surface area contributed by atoms with Crippen LogP contribution in [0.25, 0.3) is 0 Å². The van der Waals surface area contributed by atoms with Crippen LogP contribution < -0.4 is 5.32 Å². The van der Waals surface area contributed by atoms with Crippen molar-refractivity contribution in [1.29, 1.82) is 0 Å². The molecule has 7 heteroatoms. The van der Waals surface area contributed by atoms with Crippen molar-refractivity contribution in [2.45, 2.75) is 12.8 Å². The zero-order valence-electron chi connectivity index (χ0n) is 9.18. The van der Waals surface area contributed by atoms with E-state index in [4.69, 9.17) is 11.6 Å². The van der Waals surface area contributed by atoms with Gasteiger partial charge in [0.05, 0.1) is 0 Å². The molecule has 0 saturated carbocycles. The van der Waals surface area contributed by atoms with Crippen LogP contribution in [-0.4, -0.2) is 23.0 Å². The smallest absolute Gasteiger partial charge is 0.311 e. The average Bonchev–Trinajstić information content (AvgIpc) is 2.61. The summed E-state index contributed by atoms with van der Waals surface area (Å²) < 4.78 is 0. The van der Waals surface area contributed by atoms with Crippen LogP contribution >= 0.6 is 11.6 Å². The summed E-state index contributed by atoms with van der Waals surface area (Å²) in [6.45, 7) is 0. The molecular weight excluding hydrogens is 260 g/mol. The number of benzene rings is 1. The van der Waals surface area contributed by atoms with Gasteiger partial charge in [-0.05, 0) is 18.2 Å². The Morgan fingerprint density at radius 3 is 2.56 bits per heavy atom. The molecule has 0 aromatic heterocycles. The molecule has 0 radical (unpaired) electrons. The van der Waals surface area contributed by atoms with Crippen LogP contribution in [0.5, 0.6) is 0 Å². The normalized spacial score (nSPS) is 14.8. The number of imide groups is 1. The monoisotopic (exact) mass is 268 g/mol. The lowest BCUT2D eigenvalue weighted by Crippen LogP contribution is -2.33. The largest absolute Gasteiger partial charge is 0.436 e. The molecule has 0 bridgehead atoms. The third-order valence-corrected chi connectivity index (χ3v) is 2.49. The van der Waals surface area contributed by atoms with Gasteiger partial charge in [0.25, 0.3) is 11.8 Å². The molecule has 1 aromatic carbocycles. The van der Waals surface area contributed by atoms with E-state index in [1.54, 1.807) is 18.2 Å². The molecule has 0 aliphatic carbocycles. The number of halogens is 1. The van der Waals surface area contributed by atoms with Crippen LogP contribution in [0.15, 0.2) is 24.3 Å². The highest BCUT2D eigenvalue weighted by atomic mass is 35.5. The number of hydrogen-bond acceptors (Lipinski definition) is 4. The summed E-state index contributed by atoms with van der Waals surface area (Å²) in [5, 5.41) is 3.28. The first-order valence-electron chi connectivity index (χ1n) is 5.16. The molecule has 1 saturated heterocycles.